The molecule has 1 aliphatic heterocycles. The van der Waals surface area contributed by atoms with Crippen LogP contribution in [0.25, 0.3) is 0 Å². The van der Waals surface area contributed by atoms with Crippen molar-refractivity contribution >= 4 is 23.3 Å². The number of rotatable bonds is 7. The molecule has 2 aromatic carbocycles. The molecule has 2 aromatic rings. The number of likely N-dealkylation sites (N-methyl/N-ethyl adjacent to an activating group) is 1. The molecule has 0 aliphatic carbocycles. The highest BCUT2D eigenvalue weighted by Crippen LogP contribution is 2.29. The van der Waals surface area contributed by atoms with Crippen LogP contribution in [0.3, 0.4) is 0 Å². The maximum absolute atomic E-state index is 12.9. The summed E-state index contributed by atoms with van der Waals surface area (Å²) >= 11 is 0. The maximum atomic E-state index is 12.9. The fourth-order valence-corrected chi connectivity index (χ4v) is 3.53. The number of piperazine rings is 1. The average molecular weight is 412 g/mol. The van der Waals surface area contributed by atoms with Crippen LogP contribution in [0.5, 0.6) is 5.75 Å². The molecule has 1 heterocycles. The first kappa shape index (κ1) is 21.6. The van der Waals surface area contributed by atoms with Crippen LogP contribution in [0.2, 0.25) is 0 Å². The highest BCUT2D eigenvalue weighted by atomic mass is 16.5. The first-order valence-corrected chi connectivity index (χ1v) is 10.3. The van der Waals surface area contributed by atoms with Crippen molar-refractivity contribution in [1.82, 2.24) is 4.90 Å². The summed E-state index contributed by atoms with van der Waals surface area (Å²) in [6.07, 6.45) is 0. The molecule has 3 rings (SSSR count). The summed E-state index contributed by atoms with van der Waals surface area (Å²) in [6, 6.07) is 12.3. The van der Waals surface area contributed by atoms with E-state index in [-0.39, 0.29) is 5.91 Å². The minimum Gasteiger partial charge on any atom is -0.494 e. The molecule has 1 aliphatic rings. The van der Waals surface area contributed by atoms with Gasteiger partial charge in [0, 0.05) is 31.7 Å². The van der Waals surface area contributed by atoms with Crippen LogP contribution in [0.15, 0.2) is 42.5 Å². The van der Waals surface area contributed by atoms with Gasteiger partial charge < -0.3 is 24.6 Å². The summed E-state index contributed by atoms with van der Waals surface area (Å²) < 4.78 is 10.3. The third-order valence-corrected chi connectivity index (χ3v) is 5.25. The van der Waals surface area contributed by atoms with Crippen molar-refractivity contribution < 1.29 is 19.1 Å². The molecule has 0 unspecified atom stereocenters. The Hall–Kier alpha value is -3.06. The quantitative estimate of drug-likeness (QED) is 0.705. The Balaban J connectivity index is 1.84. The minimum absolute atomic E-state index is 0.242. The number of carbonyl (C=O) groups excluding carboxylic acids is 2. The smallest absolute Gasteiger partial charge is 0.337 e. The van der Waals surface area contributed by atoms with E-state index in [9.17, 15) is 9.59 Å². The van der Waals surface area contributed by atoms with Gasteiger partial charge in [-0.05, 0) is 55.9 Å². The molecule has 0 saturated carbocycles. The zero-order chi connectivity index (χ0) is 21.5. The number of amides is 1. The number of esters is 1. The number of methoxy groups -OCH3 is 1. The molecule has 0 spiro atoms. The van der Waals surface area contributed by atoms with Crippen molar-refractivity contribution in [1.29, 1.82) is 0 Å². The number of benzene rings is 2. The summed E-state index contributed by atoms with van der Waals surface area (Å²) in [4.78, 5) is 29.5. The van der Waals surface area contributed by atoms with Crippen molar-refractivity contribution in [3.05, 3.63) is 53.6 Å². The number of ether oxygens (including phenoxy) is 2. The SMILES string of the molecule is CCOc1ccc(C(=O)Nc2cc(C(=O)OC)ccc2N2CCN(CC)CC2)cc1. The Bertz CT molecular complexity index is 875. The van der Waals surface area contributed by atoms with Gasteiger partial charge in [0.15, 0.2) is 0 Å². The van der Waals surface area contributed by atoms with Crippen molar-refractivity contribution in [3.63, 3.8) is 0 Å². The van der Waals surface area contributed by atoms with E-state index in [0.29, 0.717) is 23.4 Å². The van der Waals surface area contributed by atoms with Crippen molar-refractivity contribution in [3.8, 4) is 5.75 Å². The Morgan fingerprint density at radius 3 is 2.23 bits per heavy atom. The van der Waals surface area contributed by atoms with Gasteiger partial charge in [-0.25, -0.2) is 4.79 Å². The fraction of sp³-hybridized carbons (Fsp3) is 0.391. The van der Waals surface area contributed by atoms with Crippen LogP contribution in [0, 0.1) is 0 Å². The van der Waals surface area contributed by atoms with E-state index in [0.717, 1.165) is 44.2 Å². The normalized spacial score (nSPS) is 14.3. The van der Waals surface area contributed by atoms with Gasteiger partial charge in [0.25, 0.3) is 5.91 Å². The first-order valence-electron chi connectivity index (χ1n) is 10.3. The van der Waals surface area contributed by atoms with E-state index in [1.165, 1.54) is 7.11 Å². The number of nitrogens with one attached hydrogen (secondary N) is 1. The summed E-state index contributed by atoms with van der Waals surface area (Å²) in [5.41, 5.74) is 2.42. The average Bonchev–Trinajstić information content (AvgIpc) is 2.79. The number of nitrogens with zero attached hydrogens (tertiary/aromatic N) is 2. The van der Waals surface area contributed by atoms with E-state index < -0.39 is 5.97 Å². The number of hydrogen-bond donors (Lipinski definition) is 1. The lowest BCUT2D eigenvalue weighted by atomic mass is 10.1. The molecule has 1 N–H and O–H groups in total. The van der Waals surface area contributed by atoms with Gasteiger partial charge in [-0.15, -0.1) is 0 Å². The third-order valence-electron chi connectivity index (χ3n) is 5.25. The summed E-state index contributed by atoms with van der Waals surface area (Å²) in [7, 11) is 1.35. The van der Waals surface area contributed by atoms with E-state index in [2.05, 4.69) is 22.0 Å². The van der Waals surface area contributed by atoms with Crippen LogP contribution < -0.4 is 15.0 Å². The summed E-state index contributed by atoms with van der Waals surface area (Å²) in [5.74, 6) is 0.0404. The van der Waals surface area contributed by atoms with Gasteiger partial charge in [-0.2, -0.15) is 0 Å². The predicted molar refractivity (Wildman–Crippen MR) is 118 cm³/mol. The fourth-order valence-electron chi connectivity index (χ4n) is 3.53. The van der Waals surface area contributed by atoms with Gasteiger partial charge in [0.1, 0.15) is 5.75 Å². The number of carbonyl (C=O) groups is 2. The molecule has 160 valence electrons. The predicted octanol–water partition coefficient (Wildman–Crippen LogP) is 3.27. The van der Waals surface area contributed by atoms with E-state index >= 15 is 0 Å². The lowest BCUT2D eigenvalue weighted by molar-refractivity contribution is 0.0600. The third kappa shape index (κ3) is 5.10. The van der Waals surface area contributed by atoms with Crippen LogP contribution >= 0.6 is 0 Å². The van der Waals surface area contributed by atoms with Gasteiger partial charge >= 0.3 is 5.97 Å². The molecule has 0 aromatic heterocycles. The Morgan fingerprint density at radius 1 is 0.967 bits per heavy atom. The van der Waals surface area contributed by atoms with E-state index in [4.69, 9.17) is 9.47 Å². The van der Waals surface area contributed by atoms with E-state index in [1.54, 1.807) is 36.4 Å². The van der Waals surface area contributed by atoms with Crippen LogP contribution in [0.1, 0.15) is 34.6 Å². The summed E-state index contributed by atoms with van der Waals surface area (Å²) in [6.45, 7) is 9.30. The van der Waals surface area contributed by atoms with Crippen LogP contribution in [-0.4, -0.2) is 63.2 Å². The summed E-state index contributed by atoms with van der Waals surface area (Å²) in [5, 5.41) is 2.98. The maximum Gasteiger partial charge on any atom is 0.337 e. The second kappa shape index (κ2) is 10.1. The molecule has 7 nitrogen and oxygen atoms in total. The molecule has 0 radical (unpaired) electrons. The largest absolute Gasteiger partial charge is 0.494 e. The lowest BCUT2D eigenvalue weighted by Gasteiger charge is -2.36. The molecule has 1 amide bonds. The molecule has 0 bridgehead atoms. The molecule has 1 saturated heterocycles. The molecule has 30 heavy (non-hydrogen) atoms. The van der Waals surface area contributed by atoms with Crippen LogP contribution in [-0.2, 0) is 4.74 Å². The van der Waals surface area contributed by atoms with Crippen molar-refractivity contribution in [2.45, 2.75) is 13.8 Å². The van der Waals surface area contributed by atoms with Gasteiger partial charge in [-0.1, -0.05) is 6.92 Å². The molecule has 0 atom stereocenters. The van der Waals surface area contributed by atoms with Crippen molar-refractivity contribution in [2.75, 3.05) is 56.7 Å². The highest BCUT2D eigenvalue weighted by molar-refractivity contribution is 6.07. The molecule has 7 heteroatoms. The first-order chi connectivity index (χ1) is 14.5. The molecular formula is C23H29N3O4. The minimum atomic E-state index is -0.436. The Kier molecular flexibility index (Phi) is 7.30. The van der Waals surface area contributed by atoms with Gasteiger partial charge in [0.05, 0.1) is 30.7 Å². The highest BCUT2D eigenvalue weighted by Gasteiger charge is 2.21. The Morgan fingerprint density at radius 2 is 1.63 bits per heavy atom. The van der Waals surface area contributed by atoms with E-state index in [1.807, 2.05) is 13.0 Å². The zero-order valence-electron chi connectivity index (χ0n) is 17.8. The lowest BCUT2D eigenvalue weighted by Crippen LogP contribution is -2.46. The van der Waals surface area contributed by atoms with Gasteiger partial charge in [0.2, 0.25) is 0 Å². The van der Waals surface area contributed by atoms with Crippen LogP contribution in [0.4, 0.5) is 11.4 Å². The Labute approximate surface area is 177 Å². The molecular weight excluding hydrogens is 382 g/mol. The van der Waals surface area contributed by atoms with Crippen molar-refractivity contribution in [2.24, 2.45) is 0 Å². The monoisotopic (exact) mass is 411 g/mol. The topological polar surface area (TPSA) is 71.1 Å². The number of anilines is 2. The second-order valence-electron chi connectivity index (χ2n) is 7.06. The van der Waals surface area contributed by atoms with Gasteiger partial charge in [-0.3, -0.25) is 4.79 Å². The standard InChI is InChI=1S/C23H29N3O4/c1-4-25-12-14-26(15-13-25)21-11-8-18(23(28)29-3)16-20(21)24-22(27)17-6-9-19(10-7-17)30-5-2/h6-11,16H,4-5,12-15H2,1-3H3,(H,24,27). The molecule has 1 fully saturated rings. The number of hydrogen-bond acceptors (Lipinski definition) is 6. The zero-order valence-corrected chi connectivity index (χ0v) is 17.8. The second-order valence-corrected chi connectivity index (χ2v) is 7.06.